The van der Waals surface area contributed by atoms with Crippen LogP contribution < -0.4 is 10.6 Å². The Morgan fingerprint density at radius 3 is 2.44 bits per heavy atom. The number of hydrogen-bond donors (Lipinski definition) is 2. The molecule has 3 aromatic heterocycles. The van der Waals surface area contributed by atoms with Crippen LogP contribution in [-0.2, 0) is 21.5 Å². The van der Waals surface area contributed by atoms with E-state index in [0.717, 1.165) is 16.9 Å². The first-order chi connectivity index (χ1) is 16.8. The number of carbonyl (C=O) groups is 2. The molecule has 1 unspecified atom stereocenters. The Hall–Kier alpha value is -3.71. The molecule has 0 radical (unpaired) electrons. The topological polar surface area (TPSA) is 115 Å². The van der Waals surface area contributed by atoms with Gasteiger partial charge in [0.15, 0.2) is 11.5 Å². The van der Waals surface area contributed by atoms with Gasteiger partial charge in [-0.15, -0.1) is 0 Å². The van der Waals surface area contributed by atoms with Gasteiger partial charge in [-0.3, -0.25) is 9.59 Å². The van der Waals surface area contributed by atoms with Crippen LogP contribution in [0.25, 0.3) is 22.6 Å². The third kappa shape index (κ3) is 3.93. The van der Waals surface area contributed by atoms with Crippen LogP contribution in [0, 0.1) is 5.82 Å². The third-order valence-electron chi connectivity index (χ3n) is 6.63. The lowest BCUT2D eigenvalue weighted by molar-refractivity contribution is -0.226. The zero-order valence-corrected chi connectivity index (χ0v) is 19.1. The van der Waals surface area contributed by atoms with Gasteiger partial charge in [0, 0.05) is 36.8 Å². The number of amides is 2. The molecule has 0 bridgehead atoms. The smallest absolute Gasteiger partial charge is 0.310 e. The molecule has 5 rings (SSSR count). The average molecular weight is 509 g/mol. The molecule has 0 aromatic carbocycles. The van der Waals surface area contributed by atoms with Crippen molar-refractivity contribution in [3.63, 3.8) is 0 Å². The lowest BCUT2D eigenvalue weighted by atomic mass is 9.74. The van der Waals surface area contributed by atoms with E-state index in [1.54, 1.807) is 0 Å². The van der Waals surface area contributed by atoms with Crippen LogP contribution in [0.5, 0.6) is 0 Å². The Morgan fingerprint density at radius 1 is 1.11 bits per heavy atom. The Morgan fingerprint density at radius 2 is 1.78 bits per heavy atom. The lowest BCUT2D eigenvalue weighted by Gasteiger charge is -2.34. The maximum absolute atomic E-state index is 14.2. The highest BCUT2D eigenvalue weighted by molar-refractivity contribution is 6.00. The second-order valence-corrected chi connectivity index (χ2v) is 9.49. The Kier molecular flexibility index (Phi) is 5.27. The summed E-state index contributed by atoms with van der Waals surface area (Å²) < 4.78 is 68.4. The Balaban J connectivity index is 1.65. The van der Waals surface area contributed by atoms with Crippen molar-refractivity contribution >= 4 is 34.5 Å². The highest BCUT2D eigenvalue weighted by atomic mass is 19.4. The van der Waals surface area contributed by atoms with E-state index in [4.69, 9.17) is 0 Å². The number of carbonyl (C=O) groups excluding carboxylic acids is 2. The fourth-order valence-electron chi connectivity index (χ4n) is 4.55. The van der Waals surface area contributed by atoms with Crippen molar-refractivity contribution in [2.24, 2.45) is 0 Å². The summed E-state index contributed by atoms with van der Waals surface area (Å²) in [6.45, 7) is 1.73. The zero-order valence-electron chi connectivity index (χ0n) is 19.1. The van der Waals surface area contributed by atoms with E-state index in [1.807, 2.05) is 6.92 Å². The normalized spacial score (nSPS) is 21.4. The quantitative estimate of drug-likeness (QED) is 0.513. The predicted octanol–water partition coefficient (Wildman–Crippen LogP) is 4.04. The Bertz CT molecular complexity index is 1420. The maximum atomic E-state index is 14.2. The molecule has 5 heterocycles. The molecule has 0 saturated heterocycles. The maximum Gasteiger partial charge on any atom is 0.422 e. The second-order valence-electron chi connectivity index (χ2n) is 9.49. The van der Waals surface area contributed by atoms with Crippen LogP contribution in [0.15, 0.2) is 12.3 Å². The first-order valence-corrected chi connectivity index (χ1v) is 11.1. The van der Waals surface area contributed by atoms with Gasteiger partial charge >= 0.3 is 6.18 Å². The number of anilines is 2. The standard InChI is InChI=1S/C22H20F5N7O2/c1-20-4-3-12(35)29-16-14(20)17(30-13(36)8-20)32-18(31-16)15-11-7-10(23)9-28-19(11)34(33-15)6-5-21(2,24)22(25,26)27/h7,9H,3-6,8H2,1-2H3,(H2,29,30,31,32,35,36)/t20-,21?/m0/s1. The van der Waals surface area contributed by atoms with Crippen LogP contribution in [0.1, 0.15) is 45.1 Å². The summed E-state index contributed by atoms with van der Waals surface area (Å²) in [5, 5.41) is 9.66. The van der Waals surface area contributed by atoms with Gasteiger partial charge in [-0.25, -0.2) is 28.4 Å². The molecule has 2 atom stereocenters. The van der Waals surface area contributed by atoms with Crippen LogP contribution in [-0.4, -0.2) is 48.4 Å². The second kappa shape index (κ2) is 7.90. The number of aryl methyl sites for hydroxylation is 1. The van der Waals surface area contributed by atoms with Gasteiger partial charge < -0.3 is 10.6 Å². The van der Waals surface area contributed by atoms with E-state index in [0.29, 0.717) is 18.9 Å². The molecule has 36 heavy (non-hydrogen) atoms. The molecule has 2 amide bonds. The van der Waals surface area contributed by atoms with Crippen molar-refractivity contribution in [3.8, 4) is 11.5 Å². The van der Waals surface area contributed by atoms with Gasteiger partial charge in [0.2, 0.25) is 17.5 Å². The van der Waals surface area contributed by atoms with E-state index in [9.17, 15) is 31.5 Å². The van der Waals surface area contributed by atoms with Crippen molar-refractivity contribution < 1.29 is 31.5 Å². The monoisotopic (exact) mass is 509 g/mol. The summed E-state index contributed by atoms with van der Waals surface area (Å²) >= 11 is 0. The molecule has 14 heteroatoms. The first-order valence-electron chi connectivity index (χ1n) is 11.1. The number of nitrogens with one attached hydrogen (secondary N) is 2. The molecule has 0 aliphatic carbocycles. The van der Waals surface area contributed by atoms with Gasteiger partial charge in [0.1, 0.15) is 23.1 Å². The number of halogens is 5. The molecule has 0 spiro atoms. The molecule has 2 aliphatic rings. The van der Waals surface area contributed by atoms with Crippen LogP contribution in [0.2, 0.25) is 0 Å². The van der Waals surface area contributed by atoms with Crippen LogP contribution in [0.4, 0.5) is 33.6 Å². The molecule has 190 valence electrons. The molecule has 2 N–H and O–H groups in total. The zero-order chi connectivity index (χ0) is 26.0. The minimum atomic E-state index is -5.09. The average Bonchev–Trinajstić information content (AvgIpc) is 3.06. The van der Waals surface area contributed by atoms with Crippen molar-refractivity contribution in [1.29, 1.82) is 0 Å². The van der Waals surface area contributed by atoms with Crippen molar-refractivity contribution in [1.82, 2.24) is 24.7 Å². The van der Waals surface area contributed by atoms with Crippen molar-refractivity contribution in [2.75, 3.05) is 10.6 Å². The summed E-state index contributed by atoms with van der Waals surface area (Å²) in [6.07, 6.45) is -4.53. The number of pyridine rings is 1. The van der Waals surface area contributed by atoms with Crippen molar-refractivity contribution in [2.45, 2.75) is 63.3 Å². The molecule has 9 nitrogen and oxygen atoms in total. The number of fused-ring (bicyclic) bond motifs is 1. The van der Waals surface area contributed by atoms with Crippen LogP contribution >= 0.6 is 0 Å². The minimum Gasteiger partial charge on any atom is -0.310 e. The summed E-state index contributed by atoms with van der Waals surface area (Å²) in [4.78, 5) is 37.5. The molecule has 2 aliphatic heterocycles. The molecule has 0 fully saturated rings. The van der Waals surface area contributed by atoms with Gasteiger partial charge in [-0.2, -0.15) is 18.3 Å². The van der Waals surface area contributed by atoms with E-state index >= 15 is 0 Å². The highest BCUT2D eigenvalue weighted by Crippen LogP contribution is 2.46. The third-order valence-corrected chi connectivity index (χ3v) is 6.63. The highest BCUT2D eigenvalue weighted by Gasteiger charge is 2.51. The number of aromatic nitrogens is 5. The van der Waals surface area contributed by atoms with Gasteiger partial charge in [-0.05, 0) is 19.4 Å². The SMILES string of the molecule is CC(F)(CCn1nc(-c2nc3c4c(n2)NC(=O)C[C@]4(C)CCC(=O)N3)c2cc(F)cnc21)C(F)(F)F. The summed E-state index contributed by atoms with van der Waals surface area (Å²) in [5.74, 6) is -1.20. The van der Waals surface area contributed by atoms with Crippen molar-refractivity contribution in [3.05, 3.63) is 23.6 Å². The van der Waals surface area contributed by atoms with Gasteiger partial charge in [0.25, 0.3) is 0 Å². The largest absolute Gasteiger partial charge is 0.422 e. The fraction of sp³-hybridized carbons (Fsp3) is 0.455. The lowest BCUT2D eigenvalue weighted by Crippen LogP contribution is -2.38. The van der Waals surface area contributed by atoms with E-state index in [-0.39, 0.29) is 58.8 Å². The van der Waals surface area contributed by atoms with Crippen LogP contribution in [0.3, 0.4) is 0 Å². The Labute approximate surface area is 200 Å². The molecular formula is C22H20F5N7O2. The van der Waals surface area contributed by atoms with E-state index < -0.39 is 36.0 Å². The van der Waals surface area contributed by atoms with E-state index in [2.05, 4.69) is 30.7 Å². The first kappa shape index (κ1) is 24.0. The predicted molar refractivity (Wildman–Crippen MR) is 117 cm³/mol. The van der Waals surface area contributed by atoms with Gasteiger partial charge in [-0.1, -0.05) is 6.92 Å². The minimum absolute atomic E-state index is 0.00512. The summed E-state index contributed by atoms with van der Waals surface area (Å²) in [6, 6.07) is 1.06. The number of rotatable bonds is 4. The van der Waals surface area contributed by atoms with E-state index in [1.165, 1.54) is 0 Å². The molecular weight excluding hydrogens is 489 g/mol. The number of alkyl halides is 4. The summed E-state index contributed by atoms with van der Waals surface area (Å²) in [7, 11) is 0. The number of hydrogen-bond acceptors (Lipinski definition) is 6. The number of nitrogens with zero attached hydrogens (tertiary/aromatic N) is 5. The molecule has 3 aromatic rings. The fourth-order valence-corrected chi connectivity index (χ4v) is 4.55. The molecule has 0 saturated carbocycles. The van der Waals surface area contributed by atoms with Gasteiger partial charge in [0.05, 0.1) is 11.6 Å². The summed E-state index contributed by atoms with van der Waals surface area (Å²) in [5.41, 5.74) is -3.71.